The van der Waals surface area contributed by atoms with Crippen LogP contribution < -0.4 is 5.32 Å². The summed E-state index contributed by atoms with van der Waals surface area (Å²) in [4.78, 5) is 31.1. The topological polar surface area (TPSA) is 93.1 Å². The van der Waals surface area contributed by atoms with E-state index in [9.17, 15) is 4.79 Å². The van der Waals surface area contributed by atoms with Crippen molar-refractivity contribution in [3.8, 4) is 0 Å². The Hall–Kier alpha value is -2.61. The van der Waals surface area contributed by atoms with Crippen molar-refractivity contribution in [1.29, 1.82) is 0 Å². The van der Waals surface area contributed by atoms with Crippen LogP contribution in [0.15, 0.2) is 24.7 Å². The molecule has 3 rings (SSSR count). The Morgan fingerprint density at radius 1 is 1.38 bits per heavy atom. The molecule has 0 aliphatic carbocycles. The zero-order valence-electron chi connectivity index (χ0n) is 13.8. The van der Waals surface area contributed by atoms with E-state index in [1.165, 1.54) is 7.11 Å². The van der Waals surface area contributed by atoms with Gasteiger partial charge >= 0.3 is 0 Å². The summed E-state index contributed by atoms with van der Waals surface area (Å²) in [6.45, 7) is 3.37. The van der Waals surface area contributed by atoms with E-state index in [1.54, 1.807) is 23.5 Å². The second-order valence-corrected chi connectivity index (χ2v) is 5.73. The van der Waals surface area contributed by atoms with Gasteiger partial charge in [0, 0.05) is 50.3 Å². The van der Waals surface area contributed by atoms with Crippen molar-refractivity contribution in [2.75, 3.05) is 32.1 Å². The molecule has 2 aromatic heterocycles. The predicted molar refractivity (Wildman–Crippen MR) is 87.9 cm³/mol. The number of aromatic nitrogens is 4. The number of ether oxygens (including phenoxy) is 1. The number of likely N-dealkylation sites (tertiary alicyclic amines) is 1. The lowest BCUT2D eigenvalue weighted by Gasteiger charge is -2.16. The number of hydrogen-bond donors (Lipinski definition) is 1. The van der Waals surface area contributed by atoms with Gasteiger partial charge in [0.1, 0.15) is 24.1 Å². The smallest absolute Gasteiger partial charge is 0.248 e. The van der Waals surface area contributed by atoms with Gasteiger partial charge in [-0.25, -0.2) is 15.0 Å². The highest BCUT2D eigenvalue weighted by atomic mass is 16.5. The first-order chi connectivity index (χ1) is 11.7. The van der Waals surface area contributed by atoms with Crippen molar-refractivity contribution in [3.05, 3.63) is 36.2 Å². The largest absolute Gasteiger partial charge is 0.375 e. The molecule has 8 heteroatoms. The van der Waals surface area contributed by atoms with Gasteiger partial charge in [-0.1, -0.05) is 0 Å². The molecule has 2 aromatic rings. The molecule has 0 radical (unpaired) electrons. The van der Waals surface area contributed by atoms with Gasteiger partial charge < -0.3 is 15.0 Å². The van der Waals surface area contributed by atoms with Crippen LogP contribution in [0.2, 0.25) is 0 Å². The molecule has 3 heterocycles. The molecule has 1 amide bonds. The number of nitrogens with one attached hydrogen (secondary N) is 1. The molecule has 1 atom stereocenters. The van der Waals surface area contributed by atoms with Gasteiger partial charge in [0.05, 0.1) is 6.20 Å². The van der Waals surface area contributed by atoms with Crippen LogP contribution in [0.25, 0.3) is 0 Å². The van der Waals surface area contributed by atoms with Crippen molar-refractivity contribution in [3.63, 3.8) is 0 Å². The molecule has 0 aromatic carbocycles. The van der Waals surface area contributed by atoms with E-state index < -0.39 is 0 Å². The zero-order valence-corrected chi connectivity index (χ0v) is 13.8. The molecule has 8 nitrogen and oxygen atoms in total. The highest BCUT2D eigenvalue weighted by molar-refractivity contribution is 5.77. The van der Waals surface area contributed by atoms with Crippen molar-refractivity contribution >= 4 is 17.5 Å². The number of nitrogens with zero attached hydrogens (tertiary/aromatic N) is 5. The number of methoxy groups -OCH3 is 1. The Bertz CT molecular complexity index is 709. The standard InChI is InChI=1S/C16H20N6O2/c1-11-7-13(20-14-8-17-4-5-18-14)21-16(19-11)12-3-6-22(9-12)15(23)10-24-2/h4-5,7-8,12H,3,6,9-10H2,1-2H3,(H,18,19,20,21)/t12-/m0/s1. The average Bonchev–Trinajstić information content (AvgIpc) is 3.06. The van der Waals surface area contributed by atoms with Gasteiger partial charge in [-0.15, -0.1) is 0 Å². The van der Waals surface area contributed by atoms with E-state index in [4.69, 9.17) is 4.74 Å². The number of hydrogen-bond acceptors (Lipinski definition) is 7. The fraction of sp³-hybridized carbons (Fsp3) is 0.438. The maximum Gasteiger partial charge on any atom is 0.248 e. The van der Waals surface area contributed by atoms with Crippen molar-refractivity contribution in [2.24, 2.45) is 0 Å². The lowest BCUT2D eigenvalue weighted by atomic mass is 10.1. The van der Waals surface area contributed by atoms with Crippen LogP contribution >= 0.6 is 0 Å². The summed E-state index contributed by atoms with van der Waals surface area (Å²) in [6, 6.07) is 1.86. The molecular formula is C16H20N6O2. The number of aryl methyl sites for hydroxylation is 1. The monoisotopic (exact) mass is 328 g/mol. The summed E-state index contributed by atoms with van der Waals surface area (Å²) in [7, 11) is 1.53. The maximum absolute atomic E-state index is 11.9. The van der Waals surface area contributed by atoms with E-state index in [-0.39, 0.29) is 18.4 Å². The number of anilines is 2. The molecule has 1 saturated heterocycles. The van der Waals surface area contributed by atoms with Gasteiger partial charge in [-0.05, 0) is 13.3 Å². The third kappa shape index (κ3) is 3.83. The van der Waals surface area contributed by atoms with Crippen LogP contribution in [0.3, 0.4) is 0 Å². The Morgan fingerprint density at radius 2 is 2.25 bits per heavy atom. The Balaban J connectivity index is 1.73. The zero-order chi connectivity index (χ0) is 16.9. The third-order valence-electron chi connectivity index (χ3n) is 3.86. The van der Waals surface area contributed by atoms with Crippen LogP contribution in [0.5, 0.6) is 0 Å². The van der Waals surface area contributed by atoms with Crippen molar-refractivity contribution in [2.45, 2.75) is 19.3 Å². The first kappa shape index (κ1) is 16.3. The summed E-state index contributed by atoms with van der Waals surface area (Å²) >= 11 is 0. The molecule has 1 aliphatic heterocycles. The predicted octanol–water partition coefficient (Wildman–Crippen LogP) is 1.28. The Kier molecular flexibility index (Phi) is 4.95. The van der Waals surface area contributed by atoms with Crippen LogP contribution in [-0.2, 0) is 9.53 Å². The summed E-state index contributed by atoms with van der Waals surface area (Å²) in [6.07, 6.45) is 5.72. The first-order valence-corrected chi connectivity index (χ1v) is 7.81. The van der Waals surface area contributed by atoms with Crippen LogP contribution in [0, 0.1) is 6.92 Å². The summed E-state index contributed by atoms with van der Waals surface area (Å²) < 4.78 is 4.92. The molecule has 1 fully saturated rings. The molecule has 0 unspecified atom stereocenters. The second kappa shape index (κ2) is 7.31. The average molecular weight is 328 g/mol. The highest BCUT2D eigenvalue weighted by Gasteiger charge is 2.29. The number of amides is 1. The number of carbonyl (C=O) groups excluding carboxylic acids is 1. The Labute approximate surface area is 140 Å². The maximum atomic E-state index is 11.9. The molecule has 24 heavy (non-hydrogen) atoms. The minimum absolute atomic E-state index is 0.00515. The molecule has 0 spiro atoms. The number of rotatable bonds is 5. The number of carbonyl (C=O) groups is 1. The van der Waals surface area contributed by atoms with Gasteiger partial charge in [-0.3, -0.25) is 9.78 Å². The summed E-state index contributed by atoms with van der Waals surface area (Å²) in [5.74, 6) is 2.19. The summed E-state index contributed by atoms with van der Waals surface area (Å²) in [5, 5.41) is 3.14. The van der Waals surface area contributed by atoms with Gasteiger partial charge in [0.15, 0.2) is 0 Å². The van der Waals surface area contributed by atoms with E-state index in [1.807, 2.05) is 13.0 Å². The van der Waals surface area contributed by atoms with Gasteiger partial charge in [0.25, 0.3) is 0 Å². The molecule has 0 saturated carbocycles. The van der Waals surface area contributed by atoms with Crippen molar-refractivity contribution < 1.29 is 9.53 Å². The SMILES string of the molecule is COCC(=O)N1CC[C@H](c2nc(C)cc(Nc3cnccn3)n2)C1. The van der Waals surface area contributed by atoms with E-state index in [0.717, 1.165) is 17.9 Å². The van der Waals surface area contributed by atoms with E-state index in [2.05, 4.69) is 25.3 Å². The van der Waals surface area contributed by atoms with E-state index in [0.29, 0.717) is 24.7 Å². The minimum atomic E-state index is 0.00515. The molecule has 1 N–H and O–H groups in total. The highest BCUT2D eigenvalue weighted by Crippen LogP contribution is 2.26. The van der Waals surface area contributed by atoms with Gasteiger partial charge in [-0.2, -0.15) is 0 Å². The van der Waals surface area contributed by atoms with Crippen LogP contribution in [-0.4, -0.2) is 57.5 Å². The molecule has 1 aliphatic rings. The fourth-order valence-electron chi connectivity index (χ4n) is 2.75. The quantitative estimate of drug-likeness (QED) is 0.883. The van der Waals surface area contributed by atoms with Crippen molar-refractivity contribution in [1.82, 2.24) is 24.8 Å². The lowest BCUT2D eigenvalue weighted by Crippen LogP contribution is -2.31. The third-order valence-corrected chi connectivity index (χ3v) is 3.86. The minimum Gasteiger partial charge on any atom is -0.375 e. The fourth-order valence-corrected chi connectivity index (χ4v) is 2.75. The first-order valence-electron chi connectivity index (χ1n) is 7.81. The van der Waals surface area contributed by atoms with Crippen LogP contribution in [0.4, 0.5) is 11.6 Å². The van der Waals surface area contributed by atoms with E-state index >= 15 is 0 Å². The second-order valence-electron chi connectivity index (χ2n) is 5.73. The Morgan fingerprint density at radius 3 is 3.00 bits per heavy atom. The lowest BCUT2D eigenvalue weighted by molar-refractivity contribution is -0.134. The molecule has 0 bridgehead atoms. The van der Waals surface area contributed by atoms with Crippen LogP contribution in [0.1, 0.15) is 23.9 Å². The van der Waals surface area contributed by atoms with Gasteiger partial charge in [0.2, 0.25) is 5.91 Å². The molecule has 126 valence electrons. The normalized spacial score (nSPS) is 17.1. The molecular weight excluding hydrogens is 308 g/mol. The summed E-state index contributed by atoms with van der Waals surface area (Å²) in [5.41, 5.74) is 0.869.